The third-order valence-corrected chi connectivity index (χ3v) is 31.2. The van der Waals surface area contributed by atoms with E-state index in [0.717, 1.165) is 49.9 Å². The second-order valence-corrected chi connectivity index (χ2v) is 39.5. The third kappa shape index (κ3) is 19.4. The lowest BCUT2D eigenvalue weighted by Gasteiger charge is -2.63. The Morgan fingerprint density at radius 1 is 0.369 bits per heavy atom. The number of aliphatic hydroxyl groups is 4. The molecule has 30 rings (SSSR count). The van der Waals surface area contributed by atoms with E-state index in [1.807, 2.05) is 55.4 Å². The number of carbonyl (C=O) groups excluding carboxylic acids is 8. The predicted octanol–water partition coefficient (Wildman–Crippen LogP) is 14.5. The Bertz CT molecular complexity index is 4190. The zero-order valence-corrected chi connectivity index (χ0v) is 74.1. The van der Waals surface area contributed by atoms with Crippen LogP contribution in [0.3, 0.4) is 0 Å². The van der Waals surface area contributed by atoms with Crippen molar-refractivity contribution in [1.29, 1.82) is 0 Å². The Hall–Kier alpha value is -8.98. The number of carbonyl (C=O) groups is 8. The Morgan fingerprint density at radius 3 is 0.934 bits per heavy atom. The monoisotopic (exact) mass is 1680 g/mol. The minimum Gasteiger partial charge on any atom is -0.457 e. The minimum atomic E-state index is -0.609. The molecule has 664 valence electrons. The van der Waals surface area contributed by atoms with Gasteiger partial charge >= 0.3 is 0 Å². The van der Waals surface area contributed by atoms with Crippen LogP contribution in [0.15, 0.2) is 107 Å². The molecule has 8 N–H and O–H groups in total. The van der Waals surface area contributed by atoms with Crippen LogP contribution < -0.4 is 30.7 Å². The van der Waals surface area contributed by atoms with Gasteiger partial charge in [0.05, 0.1) is 35.8 Å². The van der Waals surface area contributed by atoms with Gasteiger partial charge in [-0.15, -0.1) is 0 Å². The highest BCUT2D eigenvalue weighted by Crippen LogP contribution is 2.70. The number of nitrogens with one attached hydrogen (secondary N) is 4. The van der Waals surface area contributed by atoms with Gasteiger partial charge in [-0.25, -0.2) is 0 Å². The van der Waals surface area contributed by atoms with E-state index in [1.54, 1.807) is 107 Å². The summed E-state index contributed by atoms with van der Waals surface area (Å²) in [7, 11) is 0. The van der Waals surface area contributed by atoms with Crippen LogP contribution in [0.5, 0.6) is 23.0 Å². The first-order valence-corrected chi connectivity index (χ1v) is 45.2. The van der Waals surface area contributed by atoms with E-state index in [9.17, 15) is 58.8 Å². The molecule has 26 aliphatic rings. The van der Waals surface area contributed by atoms with E-state index in [2.05, 4.69) is 73.1 Å². The van der Waals surface area contributed by atoms with Crippen molar-refractivity contribution < 1.29 is 77.9 Å². The molecule has 8 fully saturated rings. The maximum atomic E-state index is 14.2. The number of ether oxygens (including phenoxy) is 2. The molecule has 0 aromatic heterocycles. The molecule has 0 unspecified atom stereocenters. The van der Waals surface area contributed by atoms with E-state index in [4.69, 9.17) is 19.1 Å². The molecule has 26 nitrogen and oxygen atoms in total. The second kappa shape index (κ2) is 37.8. The number of hydrogen-bond acceptors (Lipinski definition) is 18. The first-order valence-electron chi connectivity index (χ1n) is 45.2. The van der Waals surface area contributed by atoms with E-state index in [1.165, 1.54) is 9.80 Å². The molecule has 24 bridgehead atoms. The zero-order chi connectivity index (χ0) is 87.6. The minimum absolute atomic E-state index is 0.000930. The number of benzene rings is 4. The van der Waals surface area contributed by atoms with Crippen LogP contribution in [-0.2, 0) is 48.0 Å². The molecule has 0 saturated heterocycles. The summed E-state index contributed by atoms with van der Waals surface area (Å²) < 4.78 is 12.3. The van der Waals surface area contributed by atoms with Crippen molar-refractivity contribution in [3.8, 4) is 23.0 Å². The van der Waals surface area contributed by atoms with Crippen molar-refractivity contribution in [3.63, 3.8) is 0 Å². The number of oxime groups is 2. The molecule has 4 aromatic carbocycles. The SMILES string of the molecule is CC(C)N1CC(=O)Nc2ccc(cc2)Oc2ccc(cc2)NC(=O)CN(C(C)C)C(=O)CC[C@@H](C)[C@H]2CC[C@H]3[C@@H]4[C@H](O)C[C@@H]5C/C(=N/OCC(=O)N(C(C)C)CC(=O)Nc6ccc(cc6)Oc6ccc(cc6)NC(=O)CN(C(C)C)C(=O)CO/N=C6\CC[C@@]7(C)[C@@H](C6)C[C@@H](O)[C@@H]6[C@@H]7C[C@H](O)[C@]7(C)[C@H](CC[C@@H]67)[C@H](C)CCC1=O)CC[C@]5(C)[C@H]4C[C@H](O)[C@]23C. The Labute approximate surface area is 720 Å². The average Bonchev–Trinajstić information content (AvgIpc) is 1.42. The van der Waals surface area contributed by atoms with Gasteiger partial charge in [-0.05, 0) is 348 Å². The van der Waals surface area contributed by atoms with Crippen molar-refractivity contribution in [1.82, 2.24) is 19.6 Å². The maximum absolute atomic E-state index is 14.2. The lowest BCUT2D eigenvalue weighted by atomic mass is 9.43. The molecule has 0 radical (unpaired) electrons. The smallest absolute Gasteiger partial charge is 0.264 e. The van der Waals surface area contributed by atoms with Gasteiger partial charge in [0.1, 0.15) is 49.2 Å². The summed E-state index contributed by atoms with van der Waals surface area (Å²) >= 11 is 0. The highest BCUT2D eigenvalue weighted by Gasteiger charge is 2.68. The molecule has 122 heavy (non-hydrogen) atoms. The average molecular weight is 1680 g/mol. The number of hydrogen-bond donors (Lipinski definition) is 8. The van der Waals surface area contributed by atoms with Gasteiger partial charge in [0.15, 0.2) is 13.2 Å². The Morgan fingerprint density at radius 2 is 0.648 bits per heavy atom. The van der Waals surface area contributed by atoms with Crippen LogP contribution in [0.2, 0.25) is 0 Å². The molecular weight excluding hydrogens is 1550 g/mol. The maximum Gasteiger partial charge on any atom is 0.264 e. The molecule has 20 atom stereocenters. The van der Waals surface area contributed by atoms with Crippen molar-refractivity contribution in [2.24, 2.45) is 103 Å². The van der Waals surface area contributed by atoms with Crippen molar-refractivity contribution in [3.05, 3.63) is 97.1 Å². The molecule has 8 amide bonds. The van der Waals surface area contributed by atoms with Gasteiger partial charge in [-0.3, -0.25) is 38.4 Å². The fourth-order valence-electron chi connectivity index (χ4n) is 24.4. The molecule has 18 aliphatic heterocycles. The summed E-state index contributed by atoms with van der Waals surface area (Å²) in [6.45, 7) is 26.9. The third-order valence-electron chi connectivity index (χ3n) is 31.2. The van der Waals surface area contributed by atoms with Crippen molar-refractivity contribution in [2.75, 3.05) is 60.7 Å². The Balaban J connectivity index is 0.648. The molecule has 8 saturated carbocycles. The molecule has 18 heterocycles. The fourth-order valence-corrected chi connectivity index (χ4v) is 24.4. The number of rotatable bonds is 4. The summed E-state index contributed by atoms with van der Waals surface area (Å²) in [6, 6.07) is 26.3. The van der Waals surface area contributed by atoms with Crippen LogP contribution in [0.25, 0.3) is 0 Å². The van der Waals surface area contributed by atoms with Crippen LogP contribution in [0.4, 0.5) is 22.7 Å². The van der Waals surface area contributed by atoms with Gasteiger partial charge in [-0.2, -0.15) is 0 Å². The lowest BCUT2D eigenvalue weighted by Crippen LogP contribution is -2.62. The van der Waals surface area contributed by atoms with E-state index in [0.29, 0.717) is 110 Å². The number of amides is 8. The van der Waals surface area contributed by atoms with E-state index < -0.39 is 58.9 Å². The fraction of sp³-hybridized carbons (Fsp3) is 0.646. The van der Waals surface area contributed by atoms with Crippen LogP contribution in [0, 0.1) is 92.7 Å². The van der Waals surface area contributed by atoms with Crippen molar-refractivity contribution >= 4 is 81.4 Å². The summed E-state index contributed by atoms with van der Waals surface area (Å²) in [6.07, 6.45) is 9.16. The summed E-state index contributed by atoms with van der Waals surface area (Å²) in [4.78, 5) is 128. The van der Waals surface area contributed by atoms with Gasteiger partial charge in [0.2, 0.25) is 35.4 Å². The highest BCUT2D eigenvalue weighted by atomic mass is 16.6. The van der Waals surface area contributed by atoms with Crippen LogP contribution in [0.1, 0.15) is 213 Å². The molecule has 0 spiro atoms. The van der Waals surface area contributed by atoms with Gasteiger partial charge in [0, 0.05) is 59.8 Å². The standard InChI is InChI=1S/C96H134N10O16/c1-55(2)103-49-83(111)97-63-17-25-69(26-18-63)121-70-27-19-64(20-28-70)98-84(112)50-104(56(3)4)88(116)38-16-60(10)74-34-36-76-92-78(48-82(110)96(74,76)14)94(12)42-40-68(44-62(94)46-80(92)108)102-120-54-90(118)106(58(7)8)52-86(114)100-66-23-31-72(32-24-66)122-71-29-21-65(22-30-71)99-85(113)51-105(57(5)6)89(117)53-119-101-67-39-41-93(11)61(43-67)45-79(107)91-75-35-33-73(59(9)15-37-87(103)115)95(75,13)81(109)47-77(91)93/h17-32,55-62,73-82,91-92,107-110H,15-16,33-54H2,1-14H3,(H,97,111)(H,98,112)(H,99,113)(H,100,114)/b101-67+,102-68+/t59-,60-,61+,62+,73-,74-,75+,76+,77+,78+,79-,80-,81+,82+,91+,92+,93+,94+,95-,96-/m1/s1. The summed E-state index contributed by atoms with van der Waals surface area (Å²) in [5, 5.41) is 70.3. The van der Waals surface area contributed by atoms with Crippen LogP contribution >= 0.6 is 0 Å². The number of anilines is 4. The van der Waals surface area contributed by atoms with Crippen molar-refractivity contribution in [2.45, 2.75) is 261 Å². The van der Waals surface area contributed by atoms with E-state index >= 15 is 0 Å². The first kappa shape index (κ1) is 90.7. The molecule has 4 aromatic rings. The number of aliphatic hydroxyl groups excluding tert-OH is 4. The second-order valence-electron chi connectivity index (χ2n) is 39.5. The van der Waals surface area contributed by atoms with Gasteiger partial charge in [-0.1, -0.05) is 51.9 Å². The quantitative estimate of drug-likeness (QED) is 0.0941. The molecule has 26 heteroatoms. The Kier molecular flexibility index (Phi) is 28.1. The van der Waals surface area contributed by atoms with E-state index in [-0.39, 0.29) is 182 Å². The normalized spacial score (nSPS) is 35.2. The summed E-state index contributed by atoms with van der Waals surface area (Å²) in [5.74, 6) is 0.366. The lowest BCUT2D eigenvalue weighted by molar-refractivity contribution is -0.196. The molecule has 8 aliphatic carbocycles. The van der Waals surface area contributed by atoms with Gasteiger partial charge in [0.25, 0.3) is 11.8 Å². The predicted molar refractivity (Wildman–Crippen MR) is 467 cm³/mol. The first-order chi connectivity index (χ1) is 57.9. The highest BCUT2D eigenvalue weighted by molar-refractivity contribution is 5.97. The number of nitrogens with zero attached hydrogens (tertiary/aromatic N) is 6. The van der Waals surface area contributed by atoms with Crippen LogP contribution in [-0.4, -0.2) is 187 Å². The summed E-state index contributed by atoms with van der Waals surface area (Å²) in [5.41, 5.74) is 2.39. The molecular formula is C96H134N10O16. The topological polar surface area (TPSA) is 340 Å². The zero-order valence-electron chi connectivity index (χ0n) is 74.1. The largest absolute Gasteiger partial charge is 0.457 e. The van der Waals surface area contributed by atoms with Gasteiger partial charge < -0.3 is 80.4 Å².